The van der Waals surface area contributed by atoms with Crippen LogP contribution in [0.15, 0.2) is 18.3 Å². The number of nitrogens with zero attached hydrogens (tertiary/aromatic N) is 3. The minimum atomic E-state index is 0. The maximum atomic E-state index is 12.6. The molecule has 140 valence electrons. The Hall–Kier alpha value is -1.37. The van der Waals surface area contributed by atoms with Crippen LogP contribution >= 0.6 is 12.4 Å². The lowest BCUT2D eigenvalue weighted by molar-refractivity contribution is -0.120. The molecule has 0 aliphatic carbocycles. The Kier molecular flexibility index (Phi) is 6.65. The lowest BCUT2D eigenvalue weighted by atomic mass is 9.90. The van der Waals surface area contributed by atoms with Crippen molar-refractivity contribution < 1.29 is 14.3 Å². The van der Waals surface area contributed by atoms with E-state index in [0.29, 0.717) is 24.1 Å². The van der Waals surface area contributed by atoms with Crippen LogP contribution in [0, 0.1) is 5.41 Å². The minimum absolute atomic E-state index is 0. The lowest BCUT2D eigenvalue weighted by Crippen LogP contribution is -2.50. The van der Waals surface area contributed by atoms with Gasteiger partial charge in [-0.25, -0.2) is 4.98 Å². The van der Waals surface area contributed by atoms with E-state index >= 15 is 0 Å². The Labute approximate surface area is 155 Å². The SMILES string of the molecule is CC(C)N1CCN(C(=O)c2ccc(OCC3(C)COC3)nc2)CC1.Cl. The van der Waals surface area contributed by atoms with Gasteiger partial charge in [0, 0.05) is 49.9 Å². The third-order valence-corrected chi connectivity index (χ3v) is 4.78. The van der Waals surface area contributed by atoms with Crippen LogP contribution in [0.3, 0.4) is 0 Å². The third-order valence-electron chi connectivity index (χ3n) is 4.78. The summed E-state index contributed by atoms with van der Waals surface area (Å²) in [6, 6.07) is 4.11. The molecule has 1 aromatic heterocycles. The highest BCUT2D eigenvalue weighted by atomic mass is 35.5. The Morgan fingerprint density at radius 3 is 2.44 bits per heavy atom. The molecule has 0 atom stereocenters. The zero-order valence-electron chi connectivity index (χ0n) is 15.2. The zero-order chi connectivity index (χ0) is 17.2. The fourth-order valence-corrected chi connectivity index (χ4v) is 3.00. The molecule has 0 aromatic carbocycles. The number of ether oxygens (including phenoxy) is 2. The summed E-state index contributed by atoms with van der Waals surface area (Å²) in [5.74, 6) is 0.612. The van der Waals surface area contributed by atoms with E-state index in [1.54, 1.807) is 18.3 Å². The van der Waals surface area contributed by atoms with Crippen LogP contribution in [0.1, 0.15) is 31.1 Å². The van der Waals surface area contributed by atoms with Crippen LogP contribution in [0.4, 0.5) is 0 Å². The Bertz CT molecular complexity index is 567. The van der Waals surface area contributed by atoms with Gasteiger partial charge in [-0.3, -0.25) is 9.69 Å². The summed E-state index contributed by atoms with van der Waals surface area (Å²) in [7, 11) is 0. The van der Waals surface area contributed by atoms with Gasteiger partial charge in [0.15, 0.2) is 0 Å². The number of carbonyl (C=O) groups excluding carboxylic acids is 1. The predicted molar refractivity (Wildman–Crippen MR) is 98.5 cm³/mol. The first-order chi connectivity index (χ1) is 11.5. The highest BCUT2D eigenvalue weighted by Gasteiger charge is 2.34. The van der Waals surface area contributed by atoms with Crippen LogP contribution in [0.25, 0.3) is 0 Å². The predicted octanol–water partition coefficient (Wildman–Crippen LogP) is 2.08. The van der Waals surface area contributed by atoms with Crippen molar-refractivity contribution in [1.29, 1.82) is 0 Å². The molecule has 1 amide bonds. The van der Waals surface area contributed by atoms with Gasteiger partial charge < -0.3 is 14.4 Å². The maximum absolute atomic E-state index is 12.6. The van der Waals surface area contributed by atoms with Gasteiger partial charge in [0.25, 0.3) is 5.91 Å². The van der Waals surface area contributed by atoms with Gasteiger partial charge in [0.2, 0.25) is 5.88 Å². The fraction of sp³-hybridized carbons (Fsp3) is 0.667. The second-order valence-electron chi connectivity index (χ2n) is 7.40. The van der Waals surface area contributed by atoms with Crippen molar-refractivity contribution in [2.45, 2.75) is 26.8 Å². The number of rotatable bonds is 5. The molecule has 0 spiro atoms. The highest BCUT2D eigenvalue weighted by molar-refractivity contribution is 5.94. The standard InChI is InChI=1S/C18H27N3O3.ClH/c1-14(2)20-6-8-21(9-7-20)17(22)15-4-5-16(19-10-15)24-13-18(3)11-23-12-18;/h4-5,10,14H,6-9,11-13H2,1-3H3;1H. The summed E-state index contributed by atoms with van der Waals surface area (Å²) in [6.07, 6.45) is 1.62. The van der Waals surface area contributed by atoms with Crippen LogP contribution < -0.4 is 4.74 Å². The molecule has 7 heteroatoms. The second-order valence-corrected chi connectivity index (χ2v) is 7.40. The van der Waals surface area contributed by atoms with Crippen molar-refractivity contribution in [1.82, 2.24) is 14.8 Å². The number of pyridine rings is 1. The number of halogens is 1. The van der Waals surface area contributed by atoms with E-state index in [2.05, 4.69) is 30.7 Å². The monoisotopic (exact) mass is 369 g/mol. The molecule has 0 bridgehead atoms. The molecular weight excluding hydrogens is 342 g/mol. The van der Waals surface area contributed by atoms with Crippen LogP contribution in [0.5, 0.6) is 5.88 Å². The first kappa shape index (κ1) is 19.9. The molecule has 2 aliphatic heterocycles. The molecule has 6 nitrogen and oxygen atoms in total. The molecule has 1 aromatic rings. The Morgan fingerprint density at radius 1 is 1.28 bits per heavy atom. The molecule has 0 radical (unpaired) electrons. The molecule has 2 saturated heterocycles. The number of aromatic nitrogens is 1. The van der Waals surface area contributed by atoms with Crippen LogP contribution in [0.2, 0.25) is 0 Å². The molecule has 2 aliphatic rings. The van der Waals surface area contributed by atoms with Crippen molar-refractivity contribution >= 4 is 18.3 Å². The first-order valence-corrected chi connectivity index (χ1v) is 8.67. The van der Waals surface area contributed by atoms with E-state index in [1.807, 2.05) is 4.90 Å². The van der Waals surface area contributed by atoms with E-state index in [1.165, 1.54) is 0 Å². The van der Waals surface area contributed by atoms with Crippen LogP contribution in [-0.4, -0.2) is 72.7 Å². The number of hydrogen-bond donors (Lipinski definition) is 0. The van der Waals surface area contributed by atoms with E-state index in [9.17, 15) is 4.79 Å². The molecule has 0 N–H and O–H groups in total. The Balaban J connectivity index is 0.00000225. The molecular formula is C18H28ClN3O3. The lowest BCUT2D eigenvalue weighted by Gasteiger charge is -2.37. The topological polar surface area (TPSA) is 54.9 Å². The fourth-order valence-electron chi connectivity index (χ4n) is 3.00. The van der Waals surface area contributed by atoms with E-state index in [0.717, 1.165) is 39.4 Å². The number of piperazine rings is 1. The summed E-state index contributed by atoms with van der Waals surface area (Å²) in [4.78, 5) is 21.1. The van der Waals surface area contributed by atoms with Crippen molar-refractivity contribution in [3.05, 3.63) is 23.9 Å². The van der Waals surface area contributed by atoms with Crippen molar-refractivity contribution in [3.63, 3.8) is 0 Å². The smallest absolute Gasteiger partial charge is 0.255 e. The molecule has 3 rings (SSSR count). The average molecular weight is 370 g/mol. The minimum Gasteiger partial charge on any atom is -0.477 e. The molecule has 2 fully saturated rings. The summed E-state index contributed by atoms with van der Waals surface area (Å²) >= 11 is 0. The first-order valence-electron chi connectivity index (χ1n) is 8.67. The normalized spacial score (nSPS) is 19.9. The van der Waals surface area contributed by atoms with Gasteiger partial charge in [-0.1, -0.05) is 6.92 Å². The van der Waals surface area contributed by atoms with Crippen LogP contribution in [-0.2, 0) is 4.74 Å². The van der Waals surface area contributed by atoms with Gasteiger partial charge >= 0.3 is 0 Å². The summed E-state index contributed by atoms with van der Waals surface area (Å²) < 4.78 is 10.9. The van der Waals surface area contributed by atoms with Gasteiger partial charge in [0.05, 0.1) is 25.4 Å². The number of amides is 1. The zero-order valence-corrected chi connectivity index (χ0v) is 16.1. The molecule has 3 heterocycles. The van der Waals surface area contributed by atoms with Gasteiger partial charge in [-0.2, -0.15) is 0 Å². The Morgan fingerprint density at radius 2 is 1.96 bits per heavy atom. The van der Waals surface area contributed by atoms with Gasteiger partial charge in [-0.05, 0) is 19.9 Å². The van der Waals surface area contributed by atoms with E-state index < -0.39 is 0 Å². The van der Waals surface area contributed by atoms with Gasteiger partial charge in [0.1, 0.15) is 0 Å². The van der Waals surface area contributed by atoms with Crippen molar-refractivity contribution in [3.8, 4) is 5.88 Å². The summed E-state index contributed by atoms with van der Waals surface area (Å²) in [6.45, 7) is 12.0. The second kappa shape index (κ2) is 8.34. The maximum Gasteiger partial charge on any atom is 0.255 e. The van der Waals surface area contributed by atoms with Crippen molar-refractivity contribution in [2.75, 3.05) is 46.0 Å². The molecule has 0 unspecified atom stereocenters. The molecule has 25 heavy (non-hydrogen) atoms. The van der Waals surface area contributed by atoms with Gasteiger partial charge in [-0.15, -0.1) is 12.4 Å². The summed E-state index contributed by atoms with van der Waals surface area (Å²) in [5.41, 5.74) is 0.713. The third kappa shape index (κ3) is 4.84. The number of carbonyl (C=O) groups is 1. The quantitative estimate of drug-likeness (QED) is 0.795. The largest absolute Gasteiger partial charge is 0.477 e. The van der Waals surface area contributed by atoms with E-state index in [-0.39, 0.29) is 23.7 Å². The van der Waals surface area contributed by atoms with Crippen molar-refractivity contribution in [2.24, 2.45) is 5.41 Å². The average Bonchev–Trinajstić information content (AvgIpc) is 2.58. The van der Waals surface area contributed by atoms with E-state index in [4.69, 9.17) is 9.47 Å². The molecule has 0 saturated carbocycles. The summed E-state index contributed by atoms with van der Waals surface area (Å²) in [5, 5.41) is 0. The number of hydrogen-bond acceptors (Lipinski definition) is 5. The highest BCUT2D eigenvalue weighted by Crippen LogP contribution is 2.27.